The van der Waals surface area contributed by atoms with Gasteiger partial charge in [-0.05, 0) is 6.42 Å². The summed E-state index contributed by atoms with van der Waals surface area (Å²) < 4.78 is 5.17. The van der Waals surface area contributed by atoms with Crippen LogP contribution in [0.5, 0.6) is 0 Å². The number of carboxylic acids is 1. The summed E-state index contributed by atoms with van der Waals surface area (Å²) in [5.41, 5.74) is 0.663. The molecule has 6 nitrogen and oxygen atoms in total. The molecular weight excluding hydrogens is 270 g/mol. The van der Waals surface area contributed by atoms with E-state index in [2.05, 4.69) is 30.7 Å². The molecule has 116 valence electrons. The van der Waals surface area contributed by atoms with Crippen LogP contribution in [0.3, 0.4) is 0 Å². The average molecular weight is 293 g/mol. The van der Waals surface area contributed by atoms with E-state index in [4.69, 9.17) is 9.84 Å². The largest absolute Gasteiger partial charge is 0.481 e. The standard InChI is InChI=1S/C15H23N3O3/c1-15(2,3)14-16-11(9-21-4)7-12(17-14)18-6-5-10(8-18)13(19)20/h7,10H,5-6,8-9H2,1-4H3,(H,19,20). The van der Waals surface area contributed by atoms with E-state index in [-0.39, 0.29) is 11.3 Å². The Hall–Kier alpha value is -1.69. The molecule has 1 atom stereocenters. The molecule has 0 radical (unpaired) electrons. The summed E-state index contributed by atoms with van der Waals surface area (Å²) in [6, 6.07) is 1.89. The van der Waals surface area contributed by atoms with Crippen LogP contribution in [-0.4, -0.2) is 41.2 Å². The van der Waals surface area contributed by atoms with Gasteiger partial charge < -0.3 is 14.7 Å². The van der Waals surface area contributed by atoms with Gasteiger partial charge in [0.05, 0.1) is 18.2 Å². The van der Waals surface area contributed by atoms with Crippen LogP contribution >= 0.6 is 0 Å². The predicted molar refractivity (Wildman–Crippen MR) is 79.4 cm³/mol. The minimum Gasteiger partial charge on any atom is -0.481 e. The normalized spacial score (nSPS) is 19.0. The fraction of sp³-hybridized carbons (Fsp3) is 0.667. The first-order chi connectivity index (χ1) is 9.81. The molecule has 0 amide bonds. The van der Waals surface area contributed by atoms with Gasteiger partial charge in [0.2, 0.25) is 0 Å². The summed E-state index contributed by atoms with van der Waals surface area (Å²) in [6.45, 7) is 7.83. The van der Waals surface area contributed by atoms with Gasteiger partial charge in [0, 0.05) is 31.7 Å². The number of carbonyl (C=O) groups is 1. The van der Waals surface area contributed by atoms with Crippen LogP contribution in [0.15, 0.2) is 6.07 Å². The topological polar surface area (TPSA) is 75.5 Å². The number of ether oxygens (including phenoxy) is 1. The maximum absolute atomic E-state index is 11.1. The van der Waals surface area contributed by atoms with Gasteiger partial charge >= 0.3 is 5.97 Å². The van der Waals surface area contributed by atoms with E-state index in [0.717, 1.165) is 17.3 Å². The number of methoxy groups -OCH3 is 1. The van der Waals surface area contributed by atoms with E-state index in [9.17, 15) is 4.79 Å². The SMILES string of the molecule is COCc1cc(N2CCC(C(=O)O)C2)nc(C(C)(C)C)n1. The van der Waals surface area contributed by atoms with Crippen molar-refractivity contribution in [3.8, 4) is 0 Å². The highest BCUT2D eigenvalue weighted by Crippen LogP contribution is 2.26. The van der Waals surface area contributed by atoms with Gasteiger partial charge in [0.15, 0.2) is 0 Å². The van der Waals surface area contributed by atoms with Crippen molar-refractivity contribution in [1.82, 2.24) is 9.97 Å². The fourth-order valence-corrected chi connectivity index (χ4v) is 2.37. The van der Waals surface area contributed by atoms with Crippen LogP contribution in [0.4, 0.5) is 5.82 Å². The van der Waals surface area contributed by atoms with Gasteiger partial charge in [0.25, 0.3) is 0 Å². The summed E-state index contributed by atoms with van der Waals surface area (Å²) in [5, 5.41) is 9.12. The molecule has 0 aliphatic carbocycles. The lowest BCUT2D eigenvalue weighted by molar-refractivity contribution is -0.140. The molecule has 0 bridgehead atoms. The maximum Gasteiger partial charge on any atom is 0.308 e. The Morgan fingerprint density at radius 3 is 2.71 bits per heavy atom. The zero-order chi connectivity index (χ0) is 15.6. The van der Waals surface area contributed by atoms with Crippen molar-refractivity contribution in [2.24, 2.45) is 5.92 Å². The second-order valence-electron chi connectivity index (χ2n) is 6.49. The lowest BCUT2D eigenvalue weighted by Gasteiger charge is -2.22. The monoisotopic (exact) mass is 293 g/mol. The molecule has 1 saturated heterocycles. The maximum atomic E-state index is 11.1. The summed E-state index contributed by atoms with van der Waals surface area (Å²) in [5.74, 6) is 0.500. The van der Waals surface area contributed by atoms with Gasteiger partial charge in [-0.3, -0.25) is 4.79 Å². The summed E-state index contributed by atoms with van der Waals surface area (Å²) in [7, 11) is 1.63. The summed E-state index contributed by atoms with van der Waals surface area (Å²) in [4.78, 5) is 22.3. The summed E-state index contributed by atoms with van der Waals surface area (Å²) in [6.07, 6.45) is 0.657. The Morgan fingerprint density at radius 1 is 1.48 bits per heavy atom. The van der Waals surface area contributed by atoms with Crippen LogP contribution in [0.1, 0.15) is 38.7 Å². The molecule has 1 unspecified atom stereocenters. The molecule has 1 aliphatic rings. The molecule has 1 aromatic heterocycles. The van der Waals surface area contributed by atoms with Crippen molar-refractivity contribution in [3.63, 3.8) is 0 Å². The first-order valence-corrected chi connectivity index (χ1v) is 7.16. The van der Waals surface area contributed by atoms with Gasteiger partial charge in [-0.1, -0.05) is 20.8 Å². The first kappa shape index (κ1) is 15.7. The molecular formula is C15H23N3O3. The molecule has 0 aromatic carbocycles. The average Bonchev–Trinajstić information content (AvgIpc) is 2.87. The smallest absolute Gasteiger partial charge is 0.308 e. The number of rotatable bonds is 4. The zero-order valence-corrected chi connectivity index (χ0v) is 13.1. The molecule has 2 rings (SSSR count). The molecule has 6 heteroatoms. The fourth-order valence-electron chi connectivity index (χ4n) is 2.37. The number of hydrogen-bond acceptors (Lipinski definition) is 5. The first-order valence-electron chi connectivity index (χ1n) is 7.16. The highest BCUT2D eigenvalue weighted by Gasteiger charge is 2.30. The molecule has 1 fully saturated rings. The molecule has 2 heterocycles. The summed E-state index contributed by atoms with van der Waals surface area (Å²) >= 11 is 0. The second kappa shape index (κ2) is 5.97. The molecule has 1 N–H and O–H groups in total. The van der Waals surface area contributed by atoms with E-state index in [1.807, 2.05) is 11.0 Å². The Morgan fingerprint density at radius 2 is 2.19 bits per heavy atom. The minimum absolute atomic E-state index is 0.162. The predicted octanol–water partition coefficient (Wildman–Crippen LogP) is 1.83. The zero-order valence-electron chi connectivity index (χ0n) is 13.1. The van der Waals surface area contributed by atoms with E-state index >= 15 is 0 Å². The number of hydrogen-bond donors (Lipinski definition) is 1. The lowest BCUT2D eigenvalue weighted by Crippen LogP contribution is -2.26. The number of carboxylic acid groups (broad SMARTS) is 1. The number of aromatic nitrogens is 2. The molecule has 1 aromatic rings. The third-order valence-corrected chi connectivity index (χ3v) is 3.59. The van der Waals surface area contributed by atoms with Crippen molar-refractivity contribution in [3.05, 3.63) is 17.6 Å². The van der Waals surface area contributed by atoms with Gasteiger partial charge in [-0.15, -0.1) is 0 Å². The highest BCUT2D eigenvalue weighted by atomic mass is 16.5. The highest BCUT2D eigenvalue weighted by molar-refractivity contribution is 5.71. The van der Waals surface area contributed by atoms with Crippen molar-refractivity contribution < 1.29 is 14.6 Å². The minimum atomic E-state index is -0.736. The van der Waals surface area contributed by atoms with Crippen molar-refractivity contribution in [1.29, 1.82) is 0 Å². The van der Waals surface area contributed by atoms with Crippen LogP contribution < -0.4 is 4.90 Å². The number of anilines is 1. The molecule has 1 aliphatic heterocycles. The van der Waals surface area contributed by atoms with Crippen molar-refractivity contribution >= 4 is 11.8 Å². The third kappa shape index (κ3) is 3.69. The second-order valence-corrected chi connectivity index (χ2v) is 6.49. The molecule has 0 saturated carbocycles. The van der Waals surface area contributed by atoms with Gasteiger partial charge in [-0.2, -0.15) is 0 Å². The third-order valence-electron chi connectivity index (χ3n) is 3.59. The Kier molecular flexibility index (Phi) is 4.46. The van der Waals surface area contributed by atoms with Crippen molar-refractivity contribution in [2.45, 2.75) is 39.2 Å². The lowest BCUT2D eigenvalue weighted by atomic mass is 9.95. The Labute approximate surface area is 125 Å². The van der Waals surface area contributed by atoms with Crippen LogP contribution in [-0.2, 0) is 21.6 Å². The molecule has 0 spiro atoms. The van der Waals surface area contributed by atoms with Crippen LogP contribution in [0.2, 0.25) is 0 Å². The van der Waals surface area contributed by atoms with Crippen LogP contribution in [0.25, 0.3) is 0 Å². The quantitative estimate of drug-likeness (QED) is 0.913. The Bertz CT molecular complexity index is 525. The van der Waals surface area contributed by atoms with E-state index < -0.39 is 5.97 Å². The number of nitrogens with zero attached hydrogens (tertiary/aromatic N) is 3. The Balaban J connectivity index is 2.30. The van der Waals surface area contributed by atoms with E-state index in [1.165, 1.54) is 0 Å². The molecule has 21 heavy (non-hydrogen) atoms. The van der Waals surface area contributed by atoms with Crippen molar-refractivity contribution in [2.75, 3.05) is 25.1 Å². The van der Waals surface area contributed by atoms with Crippen LogP contribution in [0, 0.1) is 5.92 Å². The number of aliphatic carboxylic acids is 1. The van der Waals surface area contributed by atoms with E-state index in [0.29, 0.717) is 26.1 Å². The van der Waals surface area contributed by atoms with Gasteiger partial charge in [-0.25, -0.2) is 9.97 Å². The van der Waals surface area contributed by atoms with Gasteiger partial charge in [0.1, 0.15) is 11.6 Å². The van der Waals surface area contributed by atoms with E-state index in [1.54, 1.807) is 7.11 Å².